The average molecular weight is 493 g/mol. The molecule has 0 spiro atoms. The molecule has 5 rings (SSSR count). The monoisotopic (exact) mass is 492 g/mol. The zero-order valence-corrected chi connectivity index (χ0v) is 21.4. The minimum Gasteiger partial charge on any atom is -0.496 e. The Labute approximate surface area is 212 Å². The number of hydrogen-bond donors (Lipinski definition) is 4. The standard InChI is InChI=1S/C28H36N4O4/c1-18-7-8-20(13-24(18)36-3)31-26(34)28(9-5-4-6-10-28)32-14-23-19(2)11-21(12-22(23)25(32)33)30-17-27(35)15-29-16-27/h7-8,11-13,29-30,35H,4-6,9-10,14-17H2,1-3H3,(H,31,34). The molecule has 2 aromatic carbocycles. The number of aryl methyl sites for hydroxylation is 2. The number of amides is 2. The number of aliphatic hydroxyl groups is 1. The lowest BCUT2D eigenvalue weighted by Gasteiger charge is -2.43. The molecular formula is C28H36N4O4. The Bertz CT molecular complexity index is 1180. The topological polar surface area (TPSA) is 103 Å². The number of anilines is 2. The molecule has 0 radical (unpaired) electrons. The van der Waals surface area contributed by atoms with Crippen molar-refractivity contribution in [2.75, 3.05) is 37.4 Å². The number of methoxy groups -OCH3 is 1. The Balaban J connectivity index is 1.40. The van der Waals surface area contributed by atoms with Crippen LogP contribution in [0, 0.1) is 13.8 Å². The summed E-state index contributed by atoms with van der Waals surface area (Å²) in [6, 6.07) is 9.53. The number of β-amino-alcohol motifs (C(OH)–C–C–N with tert-alkyl or cyclic N) is 1. The van der Waals surface area contributed by atoms with E-state index in [1.165, 1.54) is 0 Å². The van der Waals surface area contributed by atoms with Gasteiger partial charge in [-0.2, -0.15) is 0 Å². The molecule has 0 aromatic heterocycles. The predicted molar refractivity (Wildman–Crippen MR) is 140 cm³/mol. The lowest BCUT2D eigenvalue weighted by Crippen LogP contribution is -2.63. The number of nitrogens with one attached hydrogen (secondary N) is 3. The lowest BCUT2D eigenvalue weighted by molar-refractivity contribution is -0.129. The van der Waals surface area contributed by atoms with Gasteiger partial charge in [-0.25, -0.2) is 0 Å². The third kappa shape index (κ3) is 4.33. The summed E-state index contributed by atoms with van der Waals surface area (Å²) in [5.74, 6) is 0.484. The second-order valence-corrected chi connectivity index (χ2v) is 10.6. The summed E-state index contributed by atoms with van der Waals surface area (Å²) in [7, 11) is 1.62. The van der Waals surface area contributed by atoms with Crippen LogP contribution in [0.4, 0.5) is 11.4 Å². The summed E-state index contributed by atoms with van der Waals surface area (Å²) >= 11 is 0. The van der Waals surface area contributed by atoms with Crippen molar-refractivity contribution < 1.29 is 19.4 Å². The SMILES string of the molecule is COc1cc(NC(=O)C2(N3Cc4c(C)cc(NCC5(O)CNC5)cc4C3=O)CCCCC2)ccc1C. The van der Waals surface area contributed by atoms with Crippen molar-refractivity contribution in [3.05, 3.63) is 52.6 Å². The summed E-state index contributed by atoms with van der Waals surface area (Å²) < 4.78 is 5.43. The zero-order chi connectivity index (χ0) is 25.5. The number of nitrogens with zero attached hydrogens (tertiary/aromatic N) is 1. The van der Waals surface area contributed by atoms with Crippen LogP contribution in [0.1, 0.15) is 59.2 Å². The van der Waals surface area contributed by atoms with E-state index in [0.29, 0.717) is 56.0 Å². The second-order valence-electron chi connectivity index (χ2n) is 10.6. The smallest absolute Gasteiger partial charge is 0.255 e. The fourth-order valence-electron chi connectivity index (χ4n) is 5.75. The van der Waals surface area contributed by atoms with Gasteiger partial charge in [0.25, 0.3) is 5.91 Å². The first kappa shape index (κ1) is 24.6. The minimum atomic E-state index is -0.890. The van der Waals surface area contributed by atoms with E-state index in [1.807, 2.05) is 44.2 Å². The molecule has 2 fully saturated rings. The van der Waals surface area contributed by atoms with Crippen molar-refractivity contribution in [1.82, 2.24) is 10.2 Å². The maximum Gasteiger partial charge on any atom is 0.255 e. The molecule has 0 bridgehead atoms. The highest BCUT2D eigenvalue weighted by molar-refractivity contribution is 6.06. The van der Waals surface area contributed by atoms with E-state index in [-0.39, 0.29) is 11.8 Å². The fourth-order valence-corrected chi connectivity index (χ4v) is 5.75. The van der Waals surface area contributed by atoms with Crippen LogP contribution in [0.5, 0.6) is 5.75 Å². The molecule has 8 nitrogen and oxygen atoms in total. The minimum absolute atomic E-state index is 0.0979. The van der Waals surface area contributed by atoms with Crippen LogP contribution in [-0.4, -0.2) is 59.7 Å². The van der Waals surface area contributed by atoms with Crippen LogP contribution in [0.3, 0.4) is 0 Å². The third-order valence-corrected chi connectivity index (χ3v) is 8.08. The lowest BCUT2D eigenvalue weighted by atomic mass is 9.79. The first-order chi connectivity index (χ1) is 17.2. The van der Waals surface area contributed by atoms with Gasteiger partial charge in [0.15, 0.2) is 0 Å². The molecule has 2 heterocycles. The summed E-state index contributed by atoms with van der Waals surface area (Å²) in [6.07, 6.45) is 4.16. The Morgan fingerprint density at radius 2 is 1.83 bits per heavy atom. The van der Waals surface area contributed by atoms with Gasteiger partial charge in [0.1, 0.15) is 16.9 Å². The Morgan fingerprint density at radius 3 is 2.50 bits per heavy atom. The number of hydrogen-bond acceptors (Lipinski definition) is 6. The van der Waals surface area contributed by atoms with Crippen molar-refractivity contribution in [3.63, 3.8) is 0 Å². The summed E-state index contributed by atoms with van der Waals surface area (Å²) in [4.78, 5) is 29.5. The quantitative estimate of drug-likeness (QED) is 0.473. The highest BCUT2D eigenvalue weighted by atomic mass is 16.5. The molecule has 2 aromatic rings. The molecular weight excluding hydrogens is 456 g/mol. The molecule has 2 aliphatic heterocycles. The van der Waals surface area contributed by atoms with Gasteiger partial charge >= 0.3 is 0 Å². The number of ether oxygens (including phenoxy) is 1. The van der Waals surface area contributed by atoms with Crippen LogP contribution >= 0.6 is 0 Å². The molecule has 4 N–H and O–H groups in total. The first-order valence-electron chi connectivity index (χ1n) is 12.8. The zero-order valence-electron chi connectivity index (χ0n) is 21.4. The third-order valence-electron chi connectivity index (χ3n) is 8.08. The largest absolute Gasteiger partial charge is 0.496 e. The van der Waals surface area contributed by atoms with Gasteiger partial charge in [-0.05, 0) is 61.6 Å². The van der Waals surface area contributed by atoms with E-state index in [0.717, 1.165) is 41.6 Å². The molecule has 1 aliphatic carbocycles. The molecule has 3 aliphatic rings. The van der Waals surface area contributed by atoms with Crippen molar-refractivity contribution in [2.24, 2.45) is 0 Å². The predicted octanol–water partition coefficient (Wildman–Crippen LogP) is 3.36. The van der Waals surface area contributed by atoms with E-state index in [2.05, 4.69) is 16.0 Å². The van der Waals surface area contributed by atoms with Crippen LogP contribution in [0.2, 0.25) is 0 Å². The number of fused-ring (bicyclic) bond motifs is 1. The van der Waals surface area contributed by atoms with Gasteiger partial charge < -0.3 is 30.7 Å². The van der Waals surface area contributed by atoms with Crippen molar-refractivity contribution >= 4 is 23.2 Å². The Hall–Kier alpha value is -3.10. The number of carbonyl (C=O) groups excluding carboxylic acids is 2. The maximum absolute atomic E-state index is 13.9. The van der Waals surface area contributed by atoms with Gasteiger partial charge in [-0.15, -0.1) is 0 Å². The maximum atomic E-state index is 13.9. The van der Waals surface area contributed by atoms with Crippen LogP contribution < -0.4 is 20.7 Å². The first-order valence-corrected chi connectivity index (χ1v) is 12.8. The van der Waals surface area contributed by atoms with Crippen LogP contribution in [0.15, 0.2) is 30.3 Å². The molecule has 192 valence electrons. The van der Waals surface area contributed by atoms with E-state index in [1.54, 1.807) is 12.0 Å². The normalized spacial score (nSPS) is 19.9. The molecule has 1 saturated carbocycles. The Morgan fingerprint density at radius 1 is 1.08 bits per heavy atom. The second kappa shape index (κ2) is 9.41. The van der Waals surface area contributed by atoms with E-state index < -0.39 is 11.1 Å². The van der Waals surface area contributed by atoms with Crippen LogP contribution in [0.25, 0.3) is 0 Å². The highest BCUT2D eigenvalue weighted by Crippen LogP contribution is 2.41. The van der Waals surface area contributed by atoms with Gasteiger partial charge in [0, 0.05) is 49.2 Å². The van der Waals surface area contributed by atoms with E-state index in [4.69, 9.17) is 4.74 Å². The van der Waals surface area contributed by atoms with E-state index >= 15 is 0 Å². The summed E-state index contributed by atoms with van der Waals surface area (Å²) in [5, 5.41) is 19.9. The van der Waals surface area contributed by atoms with Gasteiger partial charge in [0.2, 0.25) is 5.91 Å². The van der Waals surface area contributed by atoms with Crippen LogP contribution in [-0.2, 0) is 11.3 Å². The van der Waals surface area contributed by atoms with Gasteiger partial charge in [-0.3, -0.25) is 9.59 Å². The molecule has 1 saturated heterocycles. The van der Waals surface area contributed by atoms with Gasteiger partial charge in [-0.1, -0.05) is 25.3 Å². The summed E-state index contributed by atoms with van der Waals surface area (Å²) in [5.41, 5.74) is 3.46. The number of benzene rings is 2. The molecule has 36 heavy (non-hydrogen) atoms. The van der Waals surface area contributed by atoms with Crippen molar-refractivity contribution in [1.29, 1.82) is 0 Å². The average Bonchev–Trinajstić information content (AvgIpc) is 3.20. The Kier molecular flexibility index (Phi) is 6.43. The molecule has 2 amide bonds. The fraction of sp³-hybridized carbons (Fsp3) is 0.500. The molecule has 0 unspecified atom stereocenters. The highest BCUT2D eigenvalue weighted by Gasteiger charge is 2.50. The van der Waals surface area contributed by atoms with Gasteiger partial charge in [0.05, 0.1) is 7.11 Å². The van der Waals surface area contributed by atoms with E-state index in [9.17, 15) is 14.7 Å². The van der Waals surface area contributed by atoms with Crippen molar-refractivity contribution in [2.45, 2.75) is 63.6 Å². The molecule has 8 heteroatoms. The van der Waals surface area contributed by atoms with Crippen molar-refractivity contribution in [3.8, 4) is 5.75 Å². The molecule has 0 atom stereocenters. The number of rotatable bonds is 7. The summed E-state index contributed by atoms with van der Waals surface area (Å²) in [6.45, 7) is 5.93. The number of carbonyl (C=O) groups is 2.